The predicted octanol–water partition coefficient (Wildman–Crippen LogP) is 2.35. The summed E-state index contributed by atoms with van der Waals surface area (Å²) in [5.74, 6) is 0.0492. The molecule has 17 heavy (non-hydrogen) atoms. The van der Waals surface area contributed by atoms with E-state index in [4.69, 9.17) is 10.7 Å². The van der Waals surface area contributed by atoms with Crippen LogP contribution in [0.25, 0.3) is 0 Å². The lowest BCUT2D eigenvalue weighted by atomic mass is 9.98. The van der Waals surface area contributed by atoms with Gasteiger partial charge in [0, 0.05) is 18.2 Å². The molecule has 0 fully saturated rings. The molecule has 5 heteroatoms. The Morgan fingerprint density at radius 2 is 2.12 bits per heavy atom. The summed E-state index contributed by atoms with van der Waals surface area (Å²) in [5, 5.41) is 0. The van der Waals surface area contributed by atoms with Crippen LogP contribution in [0.3, 0.4) is 0 Å². The van der Waals surface area contributed by atoms with Crippen molar-refractivity contribution in [3.05, 3.63) is 29.3 Å². The highest BCUT2D eigenvalue weighted by Crippen LogP contribution is 2.23. The topological polar surface area (TPSA) is 37.4 Å². The Balaban J connectivity index is 2.39. The fraction of sp³-hybridized carbons (Fsp3) is 0.417. The van der Waals surface area contributed by atoms with E-state index in [2.05, 4.69) is 0 Å². The van der Waals surface area contributed by atoms with E-state index < -0.39 is 10.0 Å². The van der Waals surface area contributed by atoms with Crippen molar-refractivity contribution >= 4 is 26.6 Å². The highest BCUT2D eigenvalue weighted by atomic mass is 35.7. The van der Waals surface area contributed by atoms with Gasteiger partial charge in [-0.25, -0.2) is 4.21 Å². The molecule has 0 saturated carbocycles. The Labute approximate surface area is 108 Å². The average Bonchev–Trinajstić information content (AvgIpc) is 2.28. The summed E-state index contributed by atoms with van der Waals surface area (Å²) in [6.07, 6.45) is 0.793. The Kier molecular flexibility index (Phi) is 3.54. The second kappa shape index (κ2) is 4.78. The summed E-state index contributed by atoms with van der Waals surface area (Å²) in [6, 6.07) is 5.36. The van der Waals surface area contributed by atoms with E-state index in [1.54, 1.807) is 18.2 Å². The number of carbonyl (C=O) groups is 1. The number of nitrogens with zero attached hydrogens (tertiary/aromatic N) is 1. The van der Waals surface area contributed by atoms with Crippen LogP contribution in [-0.4, -0.2) is 27.6 Å². The molecule has 1 amide bonds. The lowest BCUT2D eigenvalue weighted by Gasteiger charge is -2.31. The largest absolute Gasteiger partial charge is 0.336 e. The quantitative estimate of drug-likeness (QED) is 0.775. The van der Waals surface area contributed by atoms with Crippen LogP contribution in [0.2, 0.25) is 0 Å². The van der Waals surface area contributed by atoms with E-state index in [9.17, 15) is 9.00 Å². The van der Waals surface area contributed by atoms with Crippen LogP contribution in [0.15, 0.2) is 23.1 Å². The number of halogens is 1. The molecule has 3 nitrogen and oxygen atoms in total. The van der Waals surface area contributed by atoms with Crippen molar-refractivity contribution in [1.29, 1.82) is 0 Å². The second-order valence-electron chi connectivity index (χ2n) is 4.38. The molecule has 1 aromatic rings. The first-order chi connectivity index (χ1) is 8.00. The minimum absolute atomic E-state index is 0.0492. The number of fused-ring (bicyclic) bond motifs is 1. The van der Waals surface area contributed by atoms with Crippen molar-refractivity contribution in [3.63, 3.8) is 0 Å². The van der Waals surface area contributed by atoms with Crippen molar-refractivity contribution in [2.45, 2.75) is 31.2 Å². The molecule has 0 bridgehead atoms. The summed E-state index contributed by atoms with van der Waals surface area (Å²) in [6.45, 7) is 4.72. The zero-order valence-electron chi connectivity index (χ0n) is 9.77. The van der Waals surface area contributed by atoms with Crippen LogP contribution >= 0.6 is 10.7 Å². The van der Waals surface area contributed by atoms with Crippen LogP contribution in [0.4, 0.5) is 0 Å². The highest BCUT2D eigenvalue weighted by Gasteiger charge is 2.26. The van der Waals surface area contributed by atoms with Gasteiger partial charge in [-0.05, 0) is 54.7 Å². The van der Waals surface area contributed by atoms with E-state index in [-0.39, 0.29) is 11.9 Å². The van der Waals surface area contributed by atoms with Crippen LogP contribution in [0.5, 0.6) is 0 Å². The SMILES string of the molecule is CC(C)N1CCc2cc(S(=O)Cl)ccc2C1=O. The van der Waals surface area contributed by atoms with Gasteiger partial charge in [-0.3, -0.25) is 4.79 Å². The Morgan fingerprint density at radius 3 is 2.71 bits per heavy atom. The van der Waals surface area contributed by atoms with Gasteiger partial charge in [-0.1, -0.05) is 0 Å². The van der Waals surface area contributed by atoms with Gasteiger partial charge in [0.1, 0.15) is 10.0 Å². The summed E-state index contributed by atoms with van der Waals surface area (Å²) in [5.41, 5.74) is 1.65. The first-order valence-corrected chi connectivity index (χ1v) is 7.50. The molecule has 0 saturated heterocycles. The van der Waals surface area contributed by atoms with Gasteiger partial charge < -0.3 is 4.90 Å². The predicted molar refractivity (Wildman–Crippen MR) is 68.6 cm³/mol. The van der Waals surface area contributed by atoms with E-state index in [1.165, 1.54) is 0 Å². The van der Waals surface area contributed by atoms with Gasteiger partial charge in [0.25, 0.3) is 5.91 Å². The summed E-state index contributed by atoms with van der Waals surface area (Å²) in [4.78, 5) is 14.6. The van der Waals surface area contributed by atoms with Crippen molar-refractivity contribution in [2.75, 3.05) is 6.54 Å². The summed E-state index contributed by atoms with van der Waals surface area (Å²) >= 11 is 0. The third-order valence-corrected chi connectivity index (χ3v) is 4.16. The van der Waals surface area contributed by atoms with E-state index in [0.29, 0.717) is 17.0 Å². The normalized spacial score (nSPS) is 17.2. The van der Waals surface area contributed by atoms with Crippen molar-refractivity contribution in [1.82, 2.24) is 4.90 Å². The Bertz CT molecular complexity index is 487. The molecule has 0 radical (unpaired) electrons. The van der Waals surface area contributed by atoms with Crippen molar-refractivity contribution in [2.24, 2.45) is 0 Å². The van der Waals surface area contributed by atoms with Gasteiger partial charge >= 0.3 is 0 Å². The molecule has 1 aliphatic heterocycles. The number of carbonyl (C=O) groups excluding carboxylic acids is 1. The minimum Gasteiger partial charge on any atom is -0.336 e. The molecule has 92 valence electrons. The molecule has 1 atom stereocenters. The molecule has 1 unspecified atom stereocenters. The second-order valence-corrected chi connectivity index (χ2v) is 6.14. The number of amides is 1. The van der Waals surface area contributed by atoms with Crippen LogP contribution in [-0.2, 0) is 16.4 Å². The minimum atomic E-state index is -1.51. The first kappa shape index (κ1) is 12.6. The average molecular weight is 272 g/mol. The Morgan fingerprint density at radius 1 is 1.41 bits per heavy atom. The van der Waals surface area contributed by atoms with Crippen LogP contribution < -0.4 is 0 Å². The van der Waals surface area contributed by atoms with Gasteiger partial charge in [0.15, 0.2) is 0 Å². The lowest BCUT2D eigenvalue weighted by Crippen LogP contribution is -2.42. The smallest absolute Gasteiger partial charge is 0.254 e. The maximum atomic E-state index is 12.2. The molecule has 0 N–H and O–H groups in total. The fourth-order valence-electron chi connectivity index (χ4n) is 2.08. The molecule has 0 spiro atoms. The molecule has 1 aromatic carbocycles. The maximum Gasteiger partial charge on any atom is 0.254 e. The van der Waals surface area contributed by atoms with E-state index in [1.807, 2.05) is 18.7 Å². The van der Waals surface area contributed by atoms with Crippen molar-refractivity contribution < 1.29 is 9.00 Å². The molecular weight excluding hydrogens is 258 g/mol. The molecule has 2 rings (SSSR count). The monoisotopic (exact) mass is 271 g/mol. The third-order valence-electron chi connectivity index (χ3n) is 3.00. The van der Waals surface area contributed by atoms with Crippen LogP contribution in [0.1, 0.15) is 29.8 Å². The van der Waals surface area contributed by atoms with Gasteiger partial charge in [-0.2, -0.15) is 0 Å². The van der Waals surface area contributed by atoms with Gasteiger partial charge in [0.2, 0.25) is 0 Å². The zero-order valence-corrected chi connectivity index (χ0v) is 11.3. The molecular formula is C12H14ClNO2S. The van der Waals surface area contributed by atoms with Gasteiger partial charge in [0.05, 0.1) is 4.90 Å². The highest BCUT2D eigenvalue weighted by molar-refractivity contribution is 8.08. The Hall–Kier alpha value is -0.870. The number of hydrogen-bond donors (Lipinski definition) is 0. The number of rotatable bonds is 2. The van der Waals surface area contributed by atoms with E-state index >= 15 is 0 Å². The third kappa shape index (κ3) is 2.38. The van der Waals surface area contributed by atoms with Crippen LogP contribution in [0, 0.1) is 0 Å². The summed E-state index contributed by atoms with van der Waals surface area (Å²) in [7, 11) is 4.03. The zero-order chi connectivity index (χ0) is 12.6. The number of hydrogen-bond acceptors (Lipinski definition) is 2. The molecule has 1 heterocycles. The van der Waals surface area contributed by atoms with Crippen molar-refractivity contribution in [3.8, 4) is 0 Å². The summed E-state index contributed by atoms with van der Waals surface area (Å²) < 4.78 is 11.2. The standard InChI is InChI=1S/C12H14ClNO2S/c1-8(2)14-6-5-9-7-10(17(13)16)3-4-11(9)12(14)15/h3-4,7-8H,5-6H2,1-2H3. The lowest BCUT2D eigenvalue weighted by molar-refractivity contribution is 0.0688. The van der Waals surface area contributed by atoms with Gasteiger partial charge in [-0.15, -0.1) is 0 Å². The maximum absolute atomic E-state index is 12.2. The number of benzene rings is 1. The first-order valence-electron chi connectivity index (χ1n) is 5.52. The molecule has 1 aliphatic rings. The molecule has 0 aromatic heterocycles. The molecule has 0 aliphatic carbocycles. The fourth-order valence-corrected chi connectivity index (χ4v) is 2.77. The van der Waals surface area contributed by atoms with E-state index in [0.717, 1.165) is 12.0 Å².